The Labute approximate surface area is 108 Å². The highest BCUT2D eigenvalue weighted by molar-refractivity contribution is 5.94. The molecule has 0 saturated carbocycles. The van der Waals surface area contributed by atoms with Gasteiger partial charge in [-0.05, 0) is 38.1 Å². The van der Waals surface area contributed by atoms with Gasteiger partial charge in [-0.1, -0.05) is 0 Å². The predicted octanol–water partition coefficient (Wildman–Crippen LogP) is 1.37. The molecule has 1 aromatic heterocycles. The van der Waals surface area contributed by atoms with E-state index in [1.165, 1.54) is 35.9 Å². The van der Waals surface area contributed by atoms with Crippen molar-refractivity contribution in [1.29, 1.82) is 0 Å². The Balaban J connectivity index is 2.54. The minimum absolute atomic E-state index is 0.113. The number of nitrogens with zero attached hydrogens (tertiary/aromatic N) is 1. The Morgan fingerprint density at radius 1 is 1.21 bits per heavy atom. The second-order valence-corrected chi connectivity index (χ2v) is 4.16. The maximum atomic E-state index is 12.0. The van der Waals surface area contributed by atoms with Gasteiger partial charge >= 0.3 is 5.97 Å². The molecule has 2 rings (SSSR count). The van der Waals surface area contributed by atoms with Crippen molar-refractivity contribution in [3.63, 3.8) is 0 Å². The molecule has 6 nitrogen and oxygen atoms in total. The number of hydrogen-bond acceptors (Lipinski definition) is 3. The summed E-state index contributed by atoms with van der Waals surface area (Å²) >= 11 is 0. The molecule has 0 aliphatic rings. The molecule has 0 bridgehead atoms. The summed E-state index contributed by atoms with van der Waals surface area (Å²) in [5.74, 6) is -1.34. The van der Waals surface area contributed by atoms with Crippen LogP contribution in [-0.4, -0.2) is 26.6 Å². The highest BCUT2D eigenvalue weighted by Crippen LogP contribution is 2.09. The molecular weight excluding hydrogens is 248 g/mol. The van der Waals surface area contributed by atoms with Gasteiger partial charge in [0.2, 0.25) is 0 Å². The third-order valence-corrected chi connectivity index (χ3v) is 2.80. The number of H-pyrrole nitrogens is 1. The van der Waals surface area contributed by atoms with Gasteiger partial charge in [-0.3, -0.25) is 14.7 Å². The SMILES string of the molecule is CC(=O)c1c(C)[nH]n(-c2ccc(C(=O)O)cc2)c1=O. The second kappa shape index (κ2) is 4.56. The number of aryl methyl sites for hydroxylation is 1. The number of nitrogens with one attached hydrogen (secondary N) is 1. The van der Waals surface area contributed by atoms with E-state index in [9.17, 15) is 14.4 Å². The third-order valence-electron chi connectivity index (χ3n) is 2.80. The molecule has 2 aromatic rings. The summed E-state index contributed by atoms with van der Waals surface area (Å²) in [6.45, 7) is 2.97. The number of carboxylic acid groups (broad SMARTS) is 1. The lowest BCUT2D eigenvalue weighted by atomic mass is 10.2. The number of rotatable bonds is 3. The first-order valence-electron chi connectivity index (χ1n) is 5.58. The number of aromatic carboxylic acids is 1. The molecule has 1 aromatic carbocycles. The lowest BCUT2D eigenvalue weighted by Crippen LogP contribution is -2.19. The number of aromatic amines is 1. The van der Waals surface area contributed by atoms with Gasteiger partial charge in [0.15, 0.2) is 5.78 Å². The Morgan fingerprint density at radius 2 is 1.79 bits per heavy atom. The van der Waals surface area contributed by atoms with E-state index in [0.29, 0.717) is 11.4 Å². The summed E-state index contributed by atoms with van der Waals surface area (Å²) in [5, 5.41) is 11.6. The first-order chi connectivity index (χ1) is 8.91. The van der Waals surface area contributed by atoms with Crippen molar-refractivity contribution in [2.45, 2.75) is 13.8 Å². The largest absolute Gasteiger partial charge is 0.478 e. The Morgan fingerprint density at radius 3 is 2.21 bits per heavy atom. The number of benzene rings is 1. The normalized spacial score (nSPS) is 10.4. The van der Waals surface area contributed by atoms with Crippen LogP contribution < -0.4 is 5.56 Å². The Hall–Kier alpha value is -2.63. The highest BCUT2D eigenvalue weighted by atomic mass is 16.4. The molecule has 0 saturated heterocycles. The van der Waals surface area contributed by atoms with Crippen LogP contribution in [0.3, 0.4) is 0 Å². The number of hydrogen-bond donors (Lipinski definition) is 2. The molecule has 0 fully saturated rings. The molecule has 0 amide bonds. The van der Waals surface area contributed by atoms with E-state index in [1.807, 2.05) is 0 Å². The summed E-state index contributed by atoms with van der Waals surface area (Å²) in [6, 6.07) is 5.80. The molecule has 2 N–H and O–H groups in total. The van der Waals surface area contributed by atoms with Crippen molar-refractivity contribution in [3.05, 3.63) is 51.4 Å². The molecule has 0 atom stereocenters. The van der Waals surface area contributed by atoms with Crippen LogP contribution in [0.15, 0.2) is 29.1 Å². The van der Waals surface area contributed by atoms with Gasteiger partial charge in [0.05, 0.1) is 11.3 Å². The van der Waals surface area contributed by atoms with Crippen molar-refractivity contribution >= 4 is 11.8 Å². The van der Waals surface area contributed by atoms with Gasteiger partial charge in [0.25, 0.3) is 5.56 Å². The van der Waals surface area contributed by atoms with E-state index in [4.69, 9.17) is 5.11 Å². The van der Waals surface area contributed by atoms with Crippen LogP contribution >= 0.6 is 0 Å². The highest BCUT2D eigenvalue weighted by Gasteiger charge is 2.16. The zero-order valence-corrected chi connectivity index (χ0v) is 10.4. The predicted molar refractivity (Wildman–Crippen MR) is 68.1 cm³/mol. The Kier molecular flexibility index (Phi) is 3.08. The minimum atomic E-state index is -1.04. The fraction of sp³-hybridized carbons (Fsp3) is 0.154. The lowest BCUT2D eigenvalue weighted by Gasteiger charge is -2.01. The van der Waals surface area contributed by atoms with Gasteiger partial charge in [-0.15, -0.1) is 0 Å². The zero-order chi connectivity index (χ0) is 14.2. The number of ketones is 1. The van der Waals surface area contributed by atoms with Gasteiger partial charge in [0, 0.05) is 5.69 Å². The molecule has 0 aliphatic carbocycles. The van der Waals surface area contributed by atoms with E-state index in [-0.39, 0.29) is 16.9 Å². The fourth-order valence-corrected chi connectivity index (χ4v) is 1.90. The average Bonchev–Trinajstić information content (AvgIpc) is 2.65. The van der Waals surface area contributed by atoms with Crippen LogP contribution in [0.1, 0.15) is 33.3 Å². The number of Topliss-reactive ketones (excluding diaryl/α,β-unsaturated/α-hetero) is 1. The summed E-state index contributed by atoms with van der Waals surface area (Å²) in [7, 11) is 0. The van der Waals surface area contributed by atoms with Crippen molar-refractivity contribution in [3.8, 4) is 5.69 Å². The van der Waals surface area contributed by atoms with E-state index >= 15 is 0 Å². The minimum Gasteiger partial charge on any atom is -0.478 e. The van der Waals surface area contributed by atoms with Gasteiger partial charge in [-0.2, -0.15) is 0 Å². The van der Waals surface area contributed by atoms with E-state index in [2.05, 4.69) is 5.10 Å². The second-order valence-electron chi connectivity index (χ2n) is 4.16. The summed E-state index contributed by atoms with van der Waals surface area (Å²) < 4.78 is 1.22. The van der Waals surface area contributed by atoms with Gasteiger partial charge in [-0.25, -0.2) is 9.48 Å². The van der Waals surface area contributed by atoms with Crippen LogP contribution in [0.2, 0.25) is 0 Å². The zero-order valence-electron chi connectivity index (χ0n) is 10.4. The van der Waals surface area contributed by atoms with Crippen molar-refractivity contribution < 1.29 is 14.7 Å². The van der Waals surface area contributed by atoms with Crippen LogP contribution in [-0.2, 0) is 0 Å². The molecule has 0 spiro atoms. The topological polar surface area (TPSA) is 92.2 Å². The van der Waals surface area contributed by atoms with E-state index in [1.54, 1.807) is 6.92 Å². The summed E-state index contributed by atoms with van der Waals surface area (Å²) in [6.07, 6.45) is 0. The molecule has 6 heteroatoms. The molecule has 0 radical (unpaired) electrons. The molecular formula is C13H12N2O4. The molecule has 0 unspecified atom stereocenters. The molecule has 0 aliphatic heterocycles. The van der Waals surface area contributed by atoms with Crippen molar-refractivity contribution in [2.75, 3.05) is 0 Å². The quantitative estimate of drug-likeness (QED) is 0.815. The van der Waals surface area contributed by atoms with Crippen LogP contribution in [0, 0.1) is 6.92 Å². The summed E-state index contributed by atoms with van der Waals surface area (Å²) in [5.41, 5.74) is 0.771. The lowest BCUT2D eigenvalue weighted by molar-refractivity contribution is 0.0696. The number of carbonyl (C=O) groups excluding carboxylic acids is 1. The molecule has 1 heterocycles. The van der Waals surface area contributed by atoms with Crippen LogP contribution in [0.25, 0.3) is 5.69 Å². The van der Waals surface area contributed by atoms with Gasteiger partial charge < -0.3 is 5.11 Å². The first kappa shape index (κ1) is 12.8. The maximum absolute atomic E-state index is 12.0. The number of carbonyl (C=O) groups is 2. The third kappa shape index (κ3) is 2.20. The van der Waals surface area contributed by atoms with E-state index < -0.39 is 11.5 Å². The monoisotopic (exact) mass is 260 g/mol. The number of aromatic nitrogens is 2. The number of carboxylic acids is 1. The molecule has 19 heavy (non-hydrogen) atoms. The summed E-state index contributed by atoms with van der Waals surface area (Å²) in [4.78, 5) is 34.2. The maximum Gasteiger partial charge on any atom is 0.335 e. The fourth-order valence-electron chi connectivity index (χ4n) is 1.90. The van der Waals surface area contributed by atoms with Crippen LogP contribution in [0.4, 0.5) is 0 Å². The standard InChI is InChI=1S/C13H12N2O4/c1-7-11(8(2)16)12(17)15(14-7)10-5-3-9(4-6-10)13(18)19/h3-6,14H,1-2H3,(H,18,19). The smallest absolute Gasteiger partial charge is 0.335 e. The molecule has 98 valence electrons. The van der Waals surface area contributed by atoms with Crippen molar-refractivity contribution in [2.24, 2.45) is 0 Å². The van der Waals surface area contributed by atoms with Crippen LogP contribution in [0.5, 0.6) is 0 Å². The van der Waals surface area contributed by atoms with Crippen molar-refractivity contribution in [1.82, 2.24) is 9.78 Å². The van der Waals surface area contributed by atoms with E-state index in [0.717, 1.165) is 0 Å². The Bertz CT molecular complexity index is 707. The average molecular weight is 260 g/mol. The van der Waals surface area contributed by atoms with Gasteiger partial charge in [0.1, 0.15) is 5.56 Å². The first-order valence-corrected chi connectivity index (χ1v) is 5.58.